The molecule has 1 amide bonds. The van der Waals surface area contributed by atoms with Crippen LogP contribution in [0.3, 0.4) is 0 Å². The van der Waals surface area contributed by atoms with Crippen LogP contribution in [0.2, 0.25) is 5.15 Å². The van der Waals surface area contributed by atoms with Gasteiger partial charge < -0.3 is 4.90 Å². The van der Waals surface area contributed by atoms with Crippen molar-refractivity contribution in [3.8, 4) is 0 Å². The lowest BCUT2D eigenvalue weighted by molar-refractivity contribution is 0.0757. The Morgan fingerprint density at radius 1 is 1.62 bits per heavy atom. The van der Waals surface area contributed by atoms with Crippen molar-refractivity contribution in [1.82, 2.24) is 9.88 Å². The third kappa shape index (κ3) is 2.68. The van der Waals surface area contributed by atoms with E-state index in [9.17, 15) is 4.79 Å². The van der Waals surface area contributed by atoms with Crippen molar-refractivity contribution in [2.45, 2.75) is 12.2 Å². The smallest absolute Gasteiger partial charge is 0.272 e. The summed E-state index contributed by atoms with van der Waals surface area (Å²) in [6.45, 7) is 3.72. The van der Waals surface area contributed by atoms with Gasteiger partial charge in [-0.25, -0.2) is 4.98 Å². The summed E-state index contributed by atoms with van der Waals surface area (Å²) in [7, 11) is 0. The van der Waals surface area contributed by atoms with E-state index >= 15 is 0 Å². The average Bonchev–Trinajstić information content (AvgIpc) is 2.28. The van der Waals surface area contributed by atoms with Gasteiger partial charge in [0.25, 0.3) is 5.91 Å². The van der Waals surface area contributed by atoms with Crippen molar-refractivity contribution in [1.29, 1.82) is 0 Å². The molecule has 3 nitrogen and oxygen atoms in total. The predicted molar refractivity (Wildman–Crippen MR) is 67.1 cm³/mol. The molecule has 1 aromatic rings. The molecule has 1 saturated heterocycles. The molecule has 0 aromatic carbocycles. The Balaban J connectivity index is 2.12. The maximum absolute atomic E-state index is 12.1. The number of hydrogen-bond donors (Lipinski definition) is 0. The number of thioether (sulfide) groups is 1. The van der Waals surface area contributed by atoms with E-state index in [1.807, 2.05) is 16.7 Å². The van der Waals surface area contributed by atoms with Gasteiger partial charge in [0.15, 0.2) is 0 Å². The summed E-state index contributed by atoms with van der Waals surface area (Å²) in [6, 6.07) is 5.14. The predicted octanol–water partition coefficient (Wildman–Crippen LogP) is 2.31. The zero-order valence-corrected chi connectivity index (χ0v) is 10.6. The third-order valence-corrected chi connectivity index (χ3v) is 3.81. The van der Waals surface area contributed by atoms with E-state index in [1.165, 1.54) is 0 Å². The van der Waals surface area contributed by atoms with Gasteiger partial charge in [-0.15, -0.1) is 0 Å². The fourth-order valence-electron chi connectivity index (χ4n) is 1.69. The van der Waals surface area contributed by atoms with Crippen molar-refractivity contribution in [3.63, 3.8) is 0 Å². The lowest BCUT2D eigenvalue weighted by Crippen LogP contribution is -2.41. The lowest BCUT2D eigenvalue weighted by Gasteiger charge is -2.30. The number of carbonyl (C=O) groups excluding carboxylic acids is 1. The molecule has 1 aromatic heterocycles. The van der Waals surface area contributed by atoms with Gasteiger partial charge in [0.2, 0.25) is 0 Å². The van der Waals surface area contributed by atoms with Crippen LogP contribution >= 0.6 is 23.4 Å². The zero-order chi connectivity index (χ0) is 11.5. The van der Waals surface area contributed by atoms with E-state index in [4.69, 9.17) is 11.6 Å². The SMILES string of the molecule is CC1CN(C(=O)c2cccc(Cl)n2)CCS1. The standard InChI is InChI=1S/C11H13ClN2OS/c1-8-7-14(5-6-16-8)11(15)9-3-2-4-10(12)13-9/h2-4,8H,5-7H2,1H3. The number of aromatic nitrogens is 1. The summed E-state index contributed by atoms with van der Waals surface area (Å²) >= 11 is 7.67. The molecular formula is C11H13ClN2OS. The number of hydrogen-bond acceptors (Lipinski definition) is 3. The van der Waals surface area contributed by atoms with Crippen LogP contribution in [-0.4, -0.2) is 39.9 Å². The summed E-state index contributed by atoms with van der Waals surface area (Å²) < 4.78 is 0. The molecule has 1 atom stereocenters. The first-order valence-electron chi connectivity index (χ1n) is 5.20. The van der Waals surface area contributed by atoms with Crippen LogP contribution in [-0.2, 0) is 0 Å². The van der Waals surface area contributed by atoms with E-state index in [0.29, 0.717) is 16.1 Å². The van der Waals surface area contributed by atoms with E-state index in [-0.39, 0.29) is 5.91 Å². The molecule has 0 N–H and O–H groups in total. The fourth-order valence-corrected chi connectivity index (χ4v) is 2.87. The van der Waals surface area contributed by atoms with Gasteiger partial charge in [-0.3, -0.25) is 4.79 Å². The first kappa shape index (κ1) is 11.7. The van der Waals surface area contributed by atoms with Crippen molar-refractivity contribution in [2.75, 3.05) is 18.8 Å². The molecular weight excluding hydrogens is 244 g/mol. The van der Waals surface area contributed by atoms with Gasteiger partial charge in [0.1, 0.15) is 10.8 Å². The largest absolute Gasteiger partial charge is 0.335 e. The zero-order valence-electron chi connectivity index (χ0n) is 9.02. The highest BCUT2D eigenvalue weighted by Gasteiger charge is 2.23. The molecule has 2 heterocycles. The second-order valence-corrected chi connectivity index (χ2v) is 5.71. The Morgan fingerprint density at radius 2 is 2.44 bits per heavy atom. The van der Waals surface area contributed by atoms with Gasteiger partial charge in [0, 0.05) is 24.1 Å². The van der Waals surface area contributed by atoms with Gasteiger partial charge in [0.05, 0.1) is 0 Å². The van der Waals surface area contributed by atoms with E-state index in [0.717, 1.165) is 18.8 Å². The molecule has 1 aliphatic rings. The molecule has 86 valence electrons. The number of amides is 1. The average molecular weight is 257 g/mol. The van der Waals surface area contributed by atoms with Crippen molar-refractivity contribution in [3.05, 3.63) is 29.0 Å². The fraction of sp³-hybridized carbons (Fsp3) is 0.455. The topological polar surface area (TPSA) is 33.2 Å². The van der Waals surface area contributed by atoms with Crippen LogP contribution in [0.4, 0.5) is 0 Å². The first-order chi connectivity index (χ1) is 7.66. The van der Waals surface area contributed by atoms with Gasteiger partial charge in [-0.05, 0) is 12.1 Å². The van der Waals surface area contributed by atoms with Crippen molar-refractivity contribution >= 4 is 29.3 Å². The van der Waals surface area contributed by atoms with Gasteiger partial charge >= 0.3 is 0 Å². The summed E-state index contributed by atoms with van der Waals surface area (Å²) in [5.74, 6) is 0.975. The molecule has 0 bridgehead atoms. The van der Waals surface area contributed by atoms with E-state index < -0.39 is 0 Å². The summed E-state index contributed by atoms with van der Waals surface area (Å²) in [5, 5.41) is 0.863. The summed E-state index contributed by atoms with van der Waals surface area (Å²) in [5.41, 5.74) is 0.437. The molecule has 5 heteroatoms. The Kier molecular flexibility index (Phi) is 3.71. The molecule has 1 fully saturated rings. The Morgan fingerprint density at radius 3 is 3.12 bits per heavy atom. The van der Waals surface area contributed by atoms with Crippen LogP contribution in [0.1, 0.15) is 17.4 Å². The molecule has 0 radical (unpaired) electrons. The van der Waals surface area contributed by atoms with Crippen LogP contribution in [0.15, 0.2) is 18.2 Å². The van der Waals surface area contributed by atoms with Crippen LogP contribution in [0, 0.1) is 0 Å². The normalized spacial score (nSPS) is 20.9. The molecule has 1 unspecified atom stereocenters. The third-order valence-electron chi connectivity index (χ3n) is 2.46. The maximum Gasteiger partial charge on any atom is 0.272 e. The highest BCUT2D eigenvalue weighted by atomic mass is 35.5. The van der Waals surface area contributed by atoms with Crippen molar-refractivity contribution in [2.24, 2.45) is 0 Å². The number of halogens is 1. The Bertz CT molecular complexity index is 399. The van der Waals surface area contributed by atoms with Crippen LogP contribution < -0.4 is 0 Å². The summed E-state index contributed by atoms with van der Waals surface area (Å²) in [6.07, 6.45) is 0. The highest BCUT2D eigenvalue weighted by molar-refractivity contribution is 7.99. The first-order valence-corrected chi connectivity index (χ1v) is 6.63. The minimum Gasteiger partial charge on any atom is -0.335 e. The minimum atomic E-state index is -0.0188. The second-order valence-electron chi connectivity index (χ2n) is 3.78. The quantitative estimate of drug-likeness (QED) is 0.723. The van der Waals surface area contributed by atoms with Gasteiger partial charge in [-0.2, -0.15) is 11.8 Å². The minimum absolute atomic E-state index is 0.0188. The van der Waals surface area contributed by atoms with Crippen LogP contribution in [0.5, 0.6) is 0 Å². The van der Waals surface area contributed by atoms with E-state index in [1.54, 1.807) is 18.2 Å². The van der Waals surface area contributed by atoms with Crippen molar-refractivity contribution < 1.29 is 4.79 Å². The highest BCUT2D eigenvalue weighted by Crippen LogP contribution is 2.19. The monoisotopic (exact) mass is 256 g/mol. The number of pyridine rings is 1. The molecule has 0 saturated carbocycles. The molecule has 0 spiro atoms. The molecule has 16 heavy (non-hydrogen) atoms. The second kappa shape index (κ2) is 5.06. The number of nitrogens with zero attached hydrogens (tertiary/aromatic N) is 2. The molecule has 2 rings (SSSR count). The lowest BCUT2D eigenvalue weighted by atomic mass is 10.3. The van der Waals surface area contributed by atoms with E-state index in [2.05, 4.69) is 11.9 Å². The van der Waals surface area contributed by atoms with Crippen LogP contribution in [0.25, 0.3) is 0 Å². The number of rotatable bonds is 1. The Labute approximate surface area is 104 Å². The Hall–Kier alpha value is -0.740. The van der Waals surface area contributed by atoms with Gasteiger partial charge in [-0.1, -0.05) is 24.6 Å². The molecule has 1 aliphatic heterocycles. The number of carbonyl (C=O) groups is 1. The summed E-state index contributed by atoms with van der Waals surface area (Å²) in [4.78, 5) is 18.0. The maximum atomic E-state index is 12.1. The molecule has 0 aliphatic carbocycles.